The van der Waals surface area contributed by atoms with E-state index >= 15 is 0 Å². The van der Waals surface area contributed by atoms with Gasteiger partial charge in [-0.3, -0.25) is 9.79 Å². The Bertz CT molecular complexity index is 1210. The van der Waals surface area contributed by atoms with Crippen LogP contribution >= 0.6 is 0 Å². The molecular formula is C26H25N3O4. The van der Waals surface area contributed by atoms with Gasteiger partial charge in [0, 0.05) is 11.3 Å². The minimum Gasteiger partial charge on any atom is -0.493 e. The molecule has 3 aromatic rings. The van der Waals surface area contributed by atoms with Crippen molar-refractivity contribution < 1.29 is 19.0 Å². The molecular weight excluding hydrogens is 418 g/mol. The average Bonchev–Trinajstić information content (AvgIpc) is 2.98. The quantitative estimate of drug-likeness (QED) is 0.597. The molecule has 7 nitrogen and oxygen atoms in total. The number of amides is 1. The molecule has 7 heteroatoms. The van der Waals surface area contributed by atoms with Crippen LogP contribution in [0.15, 0.2) is 76.7 Å². The van der Waals surface area contributed by atoms with Crippen LogP contribution in [0.1, 0.15) is 28.8 Å². The number of aliphatic imine (C=N–C) groups is 2. The number of hydrogen-bond acceptors (Lipinski definition) is 6. The number of ether oxygens (including phenoxy) is 3. The Labute approximate surface area is 192 Å². The van der Waals surface area contributed by atoms with Gasteiger partial charge in [-0.05, 0) is 36.8 Å². The van der Waals surface area contributed by atoms with Gasteiger partial charge in [0.25, 0.3) is 5.91 Å². The van der Waals surface area contributed by atoms with Crippen LogP contribution in [0.25, 0.3) is 0 Å². The zero-order chi connectivity index (χ0) is 23.4. The Kier molecular flexibility index (Phi) is 6.40. The van der Waals surface area contributed by atoms with Crippen LogP contribution in [-0.2, 0) is 0 Å². The number of amidine groups is 1. The molecule has 1 atom stereocenters. The van der Waals surface area contributed by atoms with Crippen LogP contribution < -0.4 is 19.5 Å². The van der Waals surface area contributed by atoms with Crippen molar-refractivity contribution in [3.05, 3.63) is 77.9 Å². The highest BCUT2D eigenvalue weighted by atomic mass is 16.5. The second-order valence-corrected chi connectivity index (χ2v) is 7.45. The van der Waals surface area contributed by atoms with E-state index in [1.807, 2.05) is 61.5 Å². The highest BCUT2D eigenvalue weighted by molar-refractivity contribution is 6.19. The molecule has 1 aliphatic heterocycles. The summed E-state index contributed by atoms with van der Waals surface area (Å²) >= 11 is 0. The van der Waals surface area contributed by atoms with Gasteiger partial charge in [0.2, 0.25) is 5.75 Å². The lowest BCUT2D eigenvalue weighted by Crippen LogP contribution is -2.37. The van der Waals surface area contributed by atoms with Crippen molar-refractivity contribution in [2.75, 3.05) is 21.3 Å². The first kappa shape index (κ1) is 22.1. The summed E-state index contributed by atoms with van der Waals surface area (Å²) in [7, 11) is 4.54. The van der Waals surface area contributed by atoms with Gasteiger partial charge in [-0.1, -0.05) is 42.5 Å². The number of benzene rings is 3. The van der Waals surface area contributed by atoms with Crippen LogP contribution in [0.5, 0.6) is 17.2 Å². The molecule has 0 radical (unpaired) electrons. The van der Waals surface area contributed by atoms with Gasteiger partial charge in [-0.15, -0.1) is 0 Å². The van der Waals surface area contributed by atoms with E-state index < -0.39 is 0 Å². The smallest absolute Gasteiger partial charge is 0.256 e. The van der Waals surface area contributed by atoms with Gasteiger partial charge in [0.1, 0.15) is 5.84 Å². The van der Waals surface area contributed by atoms with Crippen LogP contribution in [0.4, 0.5) is 11.4 Å². The van der Waals surface area contributed by atoms with Crippen LogP contribution in [0.2, 0.25) is 0 Å². The van der Waals surface area contributed by atoms with Crippen molar-refractivity contribution >= 4 is 28.8 Å². The van der Waals surface area contributed by atoms with Crippen LogP contribution in [0.3, 0.4) is 0 Å². The van der Waals surface area contributed by atoms with Crippen molar-refractivity contribution in [2.45, 2.75) is 12.8 Å². The molecule has 0 fully saturated rings. The van der Waals surface area contributed by atoms with E-state index in [4.69, 9.17) is 24.2 Å². The standard InChI is InChI=1S/C26H25N3O4/c1-16-23(17-10-6-5-7-11-17)25(28-20-13-9-8-12-19(20)27-16)29-26(30)18-14-21(31-2)24(33-4)22(15-18)32-3/h5-15,23H,1-4H3,(H,28,29,30). The molecule has 33 heavy (non-hydrogen) atoms. The summed E-state index contributed by atoms with van der Waals surface area (Å²) in [5.41, 5.74) is 3.61. The predicted octanol–water partition coefficient (Wildman–Crippen LogP) is 5.06. The Balaban J connectivity index is 1.78. The topological polar surface area (TPSA) is 81.5 Å². The summed E-state index contributed by atoms with van der Waals surface area (Å²) in [6.07, 6.45) is 0. The van der Waals surface area contributed by atoms with E-state index in [1.54, 1.807) is 12.1 Å². The second-order valence-electron chi connectivity index (χ2n) is 7.45. The van der Waals surface area contributed by atoms with Crippen molar-refractivity contribution in [3.63, 3.8) is 0 Å². The minimum atomic E-state index is -0.346. The summed E-state index contributed by atoms with van der Waals surface area (Å²) in [6, 6.07) is 20.7. The molecule has 4 rings (SSSR count). The van der Waals surface area contributed by atoms with Crippen molar-refractivity contribution in [2.24, 2.45) is 9.98 Å². The van der Waals surface area contributed by atoms with Gasteiger partial charge in [0.05, 0.1) is 38.6 Å². The molecule has 0 saturated heterocycles. The fourth-order valence-corrected chi connectivity index (χ4v) is 3.85. The molecule has 1 amide bonds. The third-order valence-corrected chi connectivity index (χ3v) is 5.41. The maximum Gasteiger partial charge on any atom is 0.256 e. The zero-order valence-corrected chi connectivity index (χ0v) is 19.0. The lowest BCUT2D eigenvalue weighted by Gasteiger charge is -2.20. The predicted molar refractivity (Wildman–Crippen MR) is 129 cm³/mol. The minimum absolute atomic E-state index is 0.315. The number of carbonyl (C=O) groups is 1. The molecule has 0 saturated carbocycles. The third kappa shape index (κ3) is 4.43. The molecule has 0 bridgehead atoms. The van der Waals surface area contributed by atoms with E-state index in [0.29, 0.717) is 34.3 Å². The number of para-hydroxylation sites is 2. The lowest BCUT2D eigenvalue weighted by molar-refractivity contribution is 0.0975. The number of carbonyl (C=O) groups excluding carboxylic acids is 1. The molecule has 1 N–H and O–H groups in total. The van der Waals surface area contributed by atoms with Crippen molar-refractivity contribution in [1.29, 1.82) is 0 Å². The fraction of sp³-hybridized carbons (Fsp3) is 0.192. The Morgan fingerprint density at radius 1 is 0.818 bits per heavy atom. The number of fused-ring (bicyclic) bond motifs is 1. The SMILES string of the molecule is COc1cc(C(=O)NC2=Nc3ccccc3N=C(C)C2c2ccccc2)cc(OC)c1OC. The Morgan fingerprint density at radius 2 is 1.39 bits per heavy atom. The van der Waals surface area contributed by atoms with Crippen molar-refractivity contribution in [1.82, 2.24) is 5.32 Å². The first-order valence-electron chi connectivity index (χ1n) is 10.4. The lowest BCUT2D eigenvalue weighted by atomic mass is 9.93. The molecule has 3 aromatic carbocycles. The highest BCUT2D eigenvalue weighted by Crippen LogP contribution is 2.38. The molecule has 1 heterocycles. The number of hydrogen-bond donors (Lipinski definition) is 1. The van der Waals surface area contributed by atoms with Gasteiger partial charge >= 0.3 is 0 Å². The third-order valence-electron chi connectivity index (χ3n) is 5.41. The first-order valence-corrected chi connectivity index (χ1v) is 10.4. The summed E-state index contributed by atoms with van der Waals surface area (Å²) in [5.74, 6) is 1.04. The molecule has 1 aliphatic rings. The Hall–Kier alpha value is -4.13. The van der Waals surface area contributed by atoms with Gasteiger partial charge < -0.3 is 19.5 Å². The van der Waals surface area contributed by atoms with E-state index in [-0.39, 0.29) is 11.8 Å². The summed E-state index contributed by atoms with van der Waals surface area (Å²) in [4.78, 5) is 23.0. The number of nitrogens with one attached hydrogen (secondary N) is 1. The van der Waals surface area contributed by atoms with E-state index in [1.165, 1.54) is 21.3 Å². The summed E-state index contributed by atoms with van der Waals surface area (Å²) in [6.45, 7) is 1.95. The number of methoxy groups -OCH3 is 3. The maximum absolute atomic E-state index is 13.4. The Morgan fingerprint density at radius 3 is 1.97 bits per heavy atom. The number of rotatable bonds is 5. The van der Waals surface area contributed by atoms with E-state index in [2.05, 4.69) is 5.32 Å². The highest BCUT2D eigenvalue weighted by Gasteiger charge is 2.27. The van der Waals surface area contributed by atoms with Gasteiger partial charge in [-0.2, -0.15) is 0 Å². The van der Waals surface area contributed by atoms with Gasteiger partial charge in [0.15, 0.2) is 11.5 Å². The fourth-order valence-electron chi connectivity index (χ4n) is 3.85. The summed E-state index contributed by atoms with van der Waals surface area (Å²) in [5, 5.41) is 3.01. The first-order chi connectivity index (χ1) is 16.0. The molecule has 0 spiro atoms. The second kappa shape index (κ2) is 9.56. The monoisotopic (exact) mass is 443 g/mol. The maximum atomic E-state index is 13.4. The molecule has 0 aliphatic carbocycles. The molecule has 168 valence electrons. The van der Waals surface area contributed by atoms with E-state index in [0.717, 1.165) is 17.0 Å². The van der Waals surface area contributed by atoms with Gasteiger partial charge in [-0.25, -0.2) is 4.99 Å². The van der Waals surface area contributed by atoms with Crippen LogP contribution in [-0.4, -0.2) is 38.8 Å². The van der Waals surface area contributed by atoms with E-state index in [9.17, 15) is 4.79 Å². The molecule has 0 aromatic heterocycles. The van der Waals surface area contributed by atoms with Crippen molar-refractivity contribution in [3.8, 4) is 17.2 Å². The number of nitrogens with zero attached hydrogens (tertiary/aromatic N) is 2. The average molecular weight is 444 g/mol. The molecule has 1 unspecified atom stereocenters. The summed E-state index contributed by atoms with van der Waals surface area (Å²) < 4.78 is 16.2. The normalized spacial score (nSPS) is 14.8. The van der Waals surface area contributed by atoms with Crippen LogP contribution in [0, 0.1) is 0 Å². The largest absolute Gasteiger partial charge is 0.493 e. The zero-order valence-electron chi connectivity index (χ0n) is 19.0.